The molecular weight excluding hydrogens is 490 g/mol. The Morgan fingerprint density at radius 3 is 2.56 bits per heavy atom. The van der Waals surface area contributed by atoms with E-state index < -0.39 is 10.0 Å². The maximum absolute atomic E-state index is 12.9. The van der Waals surface area contributed by atoms with Crippen LogP contribution in [0.15, 0.2) is 63.5 Å². The van der Waals surface area contributed by atoms with Gasteiger partial charge in [-0.25, -0.2) is 18.4 Å². The van der Waals surface area contributed by atoms with E-state index in [1.807, 2.05) is 29.2 Å². The van der Waals surface area contributed by atoms with Crippen molar-refractivity contribution in [1.82, 2.24) is 24.2 Å². The number of thioether (sulfide) groups is 1. The molecule has 0 unspecified atom stereocenters. The van der Waals surface area contributed by atoms with Gasteiger partial charge < -0.3 is 4.90 Å². The Bertz CT molecular complexity index is 1240. The number of piperidine rings is 1. The van der Waals surface area contributed by atoms with E-state index in [9.17, 15) is 13.2 Å². The van der Waals surface area contributed by atoms with Crippen molar-refractivity contribution in [2.24, 2.45) is 5.41 Å². The third-order valence-corrected chi connectivity index (χ3v) is 10.7. The summed E-state index contributed by atoms with van der Waals surface area (Å²) in [6.45, 7) is 2.41. The van der Waals surface area contributed by atoms with E-state index in [0.29, 0.717) is 35.5 Å². The number of thiophene rings is 1. The van der Waals surface area contributed by atoms with Crippen LogP contribution < -0.4 is 0 Å². The highest BCUT2D eigenvalue weighted by atomic mass is 32.2. The highest BCUT2D eigenvalue weighted by Gasteiger charge is 2.44. The Hall–Kier alpha value is -2.34. The summed E-state index contributed by atoms with van der Waals surface area (Å²) >= 11 is 2.59. The molecule has 2 fully saturated rings. The first-order chi connectivity index (χ1) is 16.5. The molecule has 2 saturated heterocycles. The smallest absolute Gasteiger partial charge is 0.252 e. The second-order valence-corrected chi connectivity index (χ2v) is 12.7. The molecule has 11 heteroatoms. The van der Waals surface area contributed by atoms with E-state index in [0.717, 1.165) is 30.7 Å². The fraction of sp³-hybridized carbons (Fsp3) is 0.391. The third kappa shape index (κ3) is 4.88. The first-order valence-corrected chi connectivity index (χ1v) is 14.4. The molecule has 0 N–H and O–H groups in total. The minimum Gasteiger partial charge on any atom is -0.341 e. The first-order valence-electron chi connectivity index (χ1n) is 11.1. The lowest BCUT2D eigenvalue weighted by molar-refractivity contribution is -0.127. The molecule has 0 aliphatic carbocycles. The summed E-state index contributed by atoms with van der Waals surface area (Å²) in [6, 6.07) is 10.9. The fourth-order valence-electron chi connectivity index (χ4n) is 4.58. The van der Waals surface area contributed by atoms with Gasteiger partial charge in [-0.05, 0) is 54.3 Å². The van der Waals surface area contributed by atoms with Crippen molar-refractivity contribution in [2.45, 2.75) is 28.6 Å². The molecule has 0 aromatic carbocycles. The number of amides is 1. The Morgan fingerprint density at radius 2 is 1.82 bits per heavy atom. The average molecular weight is 516 g/mol. The molecule has 0 saturated carbocycles. The molecule has 0 bridgehead atoms. The highest BCUT2D eigenvalue weighted by Crippen LogP contribution is 2.42. The lowest BCUT2D eigenvalue weighted by atomic mass is 9.78. The standard InChI is InChI=1S/C23H25N5O3S3/c29-20(16-33-22-25-11-6-19(26-22)18-4-1-2-10-24-18)27-12-7-23(17-27)8-13-28(14-9-23)34(30,31)21-5-3-15-32-21/h1-6,10-11,15H,7-9,12-14,16-17H2. The molecule has 3 aromatic rings. The van der Waals surface area contributed by atoms with E-state index in [-0.39, 0.29) is 17.1 Å². The van der Waals surface area contributed by atoms with Gasteiger partial charge in [0.25, 0.3) is 10.0 Å². The van der Waals surface area contributed by atoms with Crippen LogP contribution in [0.5, 0.6) is 0 Å². The molecule has 2 aliphatic heterocycles. The summed E-state index contributed by atoms with van der Waals surface area (Å²) in [5, 5.41) is 2.34. The van der Waals surface area contributed by atoms with Gasteiger partial charge in [0.15, 0.2) is 5.16 Å². The zero-order valence-corrected chi connectivity index (χ0v) is 21.0. The van der Waals surface area contributed by atoms with Gasteiger partial charge in [0.1, 0.15) is 4.21 Å². The van der Waals surface area contributed by atoms with Crippen molar-refractivity contribution >= 4 is 39.0 Å². The largest absolute Gasteiger partial charge is 0.341 e. The van der Waals surface area contributed by atoms with Crippen LogP contribution in [-0.2, 0) is 14.8 Å². The lowest BCUT2D eigenvalue weighted by Crippen LogP contribution is -2.44. The number of likely N-dealkylation sites (tertiary alicyclic amines) is 1. The van der Waals surface area contributed by atoms with E-state index in [1.165, 1.54) is 23.1 Å². The van der Waals surface area contributed by atoms with Gasteiger partial charge in [-0.15, -0.1) is 11.3 Å². The highest BCUT2D eigenvalue weighted by molar-refractivity contribution is 7.99. The Labute approximate surface area is 207 Å². The van der Waals surface area contributed by atoms with Crippen molar-refractivity contribution in [2.75, 3.05) is 31.9 Å². The SMILES string of the molecule is O=C(CSc1nccc(-c2ccccn2)n1)N1CCC2(CCN(S(=O)(=O)c3cccs3)CC2)C1. The third-order valence-electron chi connectivity index (χ3n) is 6.55. The number of rotatable bonds is 6. The van der Waals surface area contributed by atoms with Gasteiger partial charge in [-0.1, -0.05) is 23.9 Å². The normalized spacial score (nSPS) is 18.4. The van der Waals surface area contributed by atoms with Gasteiger partial charge in [-0.3, -0.25) is 9.78 Å². The van der Waals surface area contributed by atoms with Crippen molar-refractivity contribution in [3.05, 3.63) is 54.2 Å². The molecule has 5 heterocycles. The van der Waals surface area contributed by atoms with Gasteiger partial charge in [-0.2, -0.15) is 4.31 Å². The number of hydrogen-bond donors (Lipinski definition) is 0. The van der Waals surface area contributed by atoms with Crippen molar-refractivity contribution < 1.29 is 13.2 Å². The van der Waals surface area contributed by atoms with E-state index in [4.69, 9.17) is 0 Å². The average Bonchev–Trinajstić information content (AvgIpc) is 3.55. The minimum absolute atomic E-state index is 0.0111. The van der Waals surface area contributed by atoms with Crippen LogP contribution >= 0.6 is 23.1 Å². The number of hydrogen-bond acceptors (Lipinski definition) is 8. The minimum atomic E-state index is -3.41. The Morgan fingerprint density at radius 1 is 1.00 bits per heavy atom. The Balaban J connectivity index is 1.15. The summed E-state index contributed by atoms with van der Waals surface area (Å²) in [6.07, 6.45) is 5.89. The number of carbonyl (C=O) groups is 1. The number of carbonyl (C=O) groups excluding carboxylic acids is 1. The Kier molecular flexibility index (Phi) is 6.70. The van der Waals surface area contributed by atoms with Crippen LogP contribution in [-0.4, -0.2) is 70.4 Å². The number of aromatic nitrogens is 3. The molecule has 1 spiro atoms. The molecule has 3 aromatic heterocycles. The van der Waals surface area contributed by atoms with Crippen molar-refractivity contribution in [1.29, 1.82) is 0 Å². The monoisotopic (exact) mass is 515 g/mol. The molecule has 2 aliphatic rings. The molecule has 5 rings (SSSR count). The topological polar surface area (TPSA) is 96.4 Å². The molecule has 34 heavy (non-hydrogen) atoms. The summed E-state index contributed by atoms with van der Waals surface area (Å²) in [7, 11) is -3.41. The van der Waals surface area contributed by atoms with Crippen LogP contribution in [0.1, 0.15) is 19.3 Å². The van der Waals surface area contributed by atoms with E-state index >= 15 is 0 Å². The second kappa shape index (κ2) is 9.73. The van der Waals surface area contributed by atoms with Crippen LogP contribution in [0.25, 0.3) is 11.4 Å². The number of sulfonamides is 1. The molecule has 0 radical (unpaired) electrons. The fourth-order valence-corrected chi connectivity index (χ4v) is 7.90. The molecule has 0 atom stereocenters. The number of nitrogens with zero attached hydrogens (tertiary/aromatic N) is 5. The van der Waals surface area contributed by atoms with E-state index in [1.54, 1.807) is 34.2 Å². The van der Waals surface area contributed by atoms with Crippen molar-refractivity contribution in [3.63, 3.8) is 0 Å². The van der Waals surface area contributed by atoms with Crippen LogP contribution in [0.2, 0.25) is 0 Å². The maximum atomic E-state index is 12.9. The summed E-state index contributed by atoms with van der Waals surface area (Å²) < 4.78 is 27.6. The molecule has 178 valence electrons. The van der Waals surface area contributed by atoms with Gasteiger partial charge in [0, 0.05) is 38.6 Å². The quantitative estimate of drug-likeness (QED) is 0.367. The second-order valence-electron chi connectivity index (χ2n) is 8.63. The predicted octanol–water partition coefficient (Wildman–Crippen LogP) is 3.40. The first kappa shape index (κ1) is 23.4. The van der Waals surface area contributed by atoms with Crippen LogP contribution in [0.4, 0.5) is 0 Å². The van der Waals surface area contributed by atoms with Gasteiger partial charge in [0.2, 0.25) is 5.91 Å². The molecule has 8 nitrogen and oxygen atoms in total. The summed E-state index contributed by atoms with van der Waals surface area (Å²) in [5.41, 5.74) is 1.51. The zero-order valence-electron chi connectivity index (χ0n) is 18.5. The predicted molar refractivity (Wildman–Crippen MR) is 132 cm³/mol. The van der Waals surface area contributed by atoms with Gasteiger partial charge >= 0.3 is 0 Å². The van der Waals surface area contributed by atoms with Gasteiger partial charge in [0.05, 0.1) is 17.1 Å². The van der Waals surface area contributed by atoms with E-state index in [2.05, 4.69) is 15.0 Å². The summed E-state index contributed by atoms with van der Waals surface area (Å²) in [4.78, 5) is 28.0. The van der Waals surface area contributed by atoms with Crippen molar-refractivity contribution in [3.8, 4) is 11.4 Å². The zero-order chi connectivity index (χ0) is 23.6. The summed E-state index contributed by atoms with van der Waals surface area (Å²) in [5.74, 6) is 0.350. The molecule has 1 amide bonds. The molecular formula is C23H25N5O3S3. The van der Waals surface area contributed by atoms with Crippen LogP contribution in [0, 0.1) is 5.41 Å². The lowest BCUT2D eigenvalue weighted by Gasteiger charge is -2.38. The van der Waals surface area contributed by atoms with Crippen LogP contribution in [0.3, 0.4) is 0 Å². The number of pyridine rings is 1. The maximum Gasteiger partial charge on any atom is 0.252 e.